The summed E-state index contributed by atoms with van der Waals surface area (Å²) in [6.07, 6.45) is 3.47. The Morgan fingerprint density at radius 1 is 1.16 bits per heavy atom. The first-order valence-electron chi connectivity index (χ1n) is 10.3. The summed E-state index contributed by atoms with van der Waals surface area (Å²) < 4.78 is 5.81. The molecule has 31 heavy (non-hydrogen) atoms. The Bertz CT molecular complexity index is 942. The molecular formula is C22H28N6O3. The van der Waals surface area contributed by atoms with Crippen molar-refractivity contribution in [1.82, 2.24) is 25.6 Å². The van der Waals surface area contributed by atoms with Gasteiger partial charge >= 0.3 is 5.97 Å². The van der Waals surface area contributed by atoms with Gasteiger partial charge in [-0.25, -0.2) is 4.98 Å². The summed E-state index contributed by atoms with van der Waals surface area (Å²) in [6, 6.07) is 11.4. The van der Waals surface area contributed by atoms with Crippen molar-refractivity contribution in [2.24, 2.45) is 17.6 Å². The summed E-state index contributed by atoms with van der Waals surface area (Å²) in [6.45, 7) is 4.60. The van der Waals surface area contributed by atoms with Gasteiger partial charge in [-0.15, -0.1) is 10.2 Å². The van der Waals surface area contributed by atoms with Crippen LogP contribution in [0.1, 0.15) is 43.1 Å². The SMILES string of the molecule is CC(C)CC(C(=O)O)C(Cc1ccc(Oc2ccc(CCN)cc2)nc1)c1nn[nH]n1. The average molecular weight is 425 g/mol. The van der Waals surface area contributed by atoms with Gasteiger partial charge < -0.3 is 15.6 Å². The molecule has 0 aliphatic carbocycles. The molecule has 0 amide bonds. The second-order valence-electron chi connectivity index (χ2n) is 7.94. The highest BCUT2D eigenvalue weighted by Crippen LogP contribution is 2.31. The van der Waals surface area contributed by atoms with Gasteiger partial charge in [-0.1, -0.05) is 37.3 Å². The Kier molecular flexibility index (Phi) is 7.66. The number of carbonyl (C=O) groups is 1. The number of aromatic amines is 1. The Morgan fingerprint density at radius 3 is 2.45 bits per heavy atom. The van der Waals surface area contributed by atoms with Gasteiger partial charge in [-0.3, -0.25) is 4.79 Å². The van der Waals surface area contributed by atoms with Crippen LogP contribution in [0.2, 0.25) is 0 Å². The van der Waals surface area contributed by atoms with Crippen molar-refractivity contribution in [1.29, 1.82) is 0 Å². The fourth-order valence-electron chi connectivity index (χ4n) is 3.54. The van der Waals surface area contributed by atoms with Gasteiger partial charge in [-0.05, 0) is 55.0 Å². The summed E-state index contributed by atoms with van der Waals surface area (Å²) >= 11 is 0. The van der Waals surface area contributed by atoms with E-state index in [0.29, 0.717) is 36.8 Å². The summed E-state index contributed by atoms with van der Waals surface area (Å²) in [5.74, 6) is -0.138. The van der Waals surface area contributed by atoms with Crippen molar-refractivity contribution in [3.05, 3.63) is 59.5 Å². The maximum absolute atomic E-state index is 12.0. The van der Waals surface area contributed by atoms with Crippen LogP contribution in [0.5, 0.6) is 11.6 Å². The van der Waals surface area contributed by atoms with Gasteiger partial charge in [-0.2, -0.15) is 5.21 Å². The number of tetrazole rings is 1. The van der Waals surface area contributed by atoms with Crippen molar-refractivity contribution in [2.45, 2.75) is 39.0 Å². The third-order valence-corrected chi connectivity index (χ3v) is 5.05. The molecule has 9 nitrogen and oxygen atoms in total. The van der Waals surface area contributed by atoms with Gasteiger partial charge in [0.05, 0.1) is 5.92 Å². The number of nitrogens with zero attached hydrogens (tertiary/aromatic N) is 4. The minimum absolute atomic E-state index is 0.223. The first kappa shape index (κ1) is 22.4. The lowest BCUT2D eigenvalue weighted by Crippen LogP contribution is -2.26. The molecule has 3 rings (SSSR count). The lowest BCUT2D eigenvalue weighted by atomic mass is 9.81. The lowest BCUT2D eigenvalue weighted by Gasteiger charge is -2.23. The van der Waals surface area contributed by atoms with Crippen LogP contribution in [0.15, 0.2) is 42.6 Å². The largest absolute Gasteiger partial charge is 0.481 e. The molecule has 1 aromatic carbocycles. The Hall–Kier alpha value is -3.33. The maximum Gasteiger partial charge on any atom is 0.307 e. The third-order valence-electron chi connectivity index (χ3n) is 5.05. The van der Waals surface area contributed by atoms with E-state index in [0.717, 1.165) is 17.5 Å². The number of nitrogens with one attached hydrogen (secondary N) is 1. The van der Waals surface area contributed by atoms with Crippen LogP contribution in [0.4, 0.5) is 0 Å². The average Bonchev–Trinajstić information content (AvgIpc) is 3.28. The van der Waals surface area contributed by atoms with E-state index in [-0.39, 0.29) is 5.92 Å². The number of carboxylic acids is 1. The summed E-state index contributed by atoms with van der Waals surface area (Å²) in [4.78, 5) is 16.3. The van der Waals surface area contributed by atoms with Gasteiger partial charge in [0.2, 0.25) is 5.88 Å². The highest BCUT2D eigenvalue weighted by molar-refractivity contribution is 5.71. The fraction of sp³-hybridized carbons (Fsp3) is 0.409. The lowest BCUT2D eigenvalue weighted by molar-refractivity contribution is -0.143. The first-order valence-corrected chi connectivity index (χ1v) is 10.3. The van der Waals surface area contributed by atoms with Gasteiger partial charge in [0.25, 0.3) is 0 Å². The topological polar surface area (TPSA) is 140 Å². The molecule has 4 N–H and O–H groups in total. The van der Waals surface area contributed by atoms with Crippen LogP contribution in [-0.4, -0.2) is 43.2 Å². The molecular weight excluding hydrogens is 396 g/mol. The van der Waals surface area contributed by atoms with Crippen molar-refractivity contribution in [2.75, 3.05) is 6.54 Å². The molecule has 2 heterocycles. The number of nitrogens with two attached hydrogens (primary N) is 1. The standard InChI is InChI=1S/C22H28N6O3/c1-14(2)11-19(22(29)30)18(21-25-27-28-26-21)12-16-5-8-20(24-13-16)31-17-6-3-15(4-7-17)9-10-23/h3-8,13-14,18-19H,9-12,23H2,1-2H3,(H,29,30)(H,25,26,27,28). The van der Waals surface area contributed by atoms with E-state index < -0.39 is 17.8 Å². The van der Waals surface area contributed by atoms with Gasteiger partial charge in [0, 0.05) is 18.2 Å². The van der Waals surface area contributed by atoms with Crippen molar-refractivity contribution >= 4 is 5.97 Å². The molecule has 164 valence electrons. The second-order valence-corrected chi connectivity index (χ2v) is 7.94. The zero-order valence-electron chi connectivity index (χ0n) is 17.7. The van der Waals surface area contributed by atoms with E-state index in [4.69, 9.17) is 10.5 Å². The molecule has 0 aliphatic heterocycles. The molecule has 3 aromatic rings. The first-order chi connectivity index (χ1) is 15.0. The zero-order valence-corrected chi connectivity index (χ0v) is 17.7. The second kappa shape index (κ2) is 10.6. The molecule has 0 saturated carbocycles. The molecule has 0 aliphatic rings. The number of hydrogen-bond donors (Lipinski definition) is 3. The van der Waals surface area contributed by atoms with Crippen LogP contribution in [0.25, 0.3) is 0 Å². The molecule has 9 heteroatoms. The maximum atomic E-state index is 12.0. The Labute approximate surface area is 181 Å². The van der Waals surface area contributed by atoms with Crippen molar-refractivity contribution in [3.8, 4) is 11.6 Å². The Morgan fingerprint density at radius 2 is 1.90 bits per heavy atom. The van der Waals surface area contributed by atoms with E-state index in [1.54, 1.807) is 12.3 Å². The number of carboxylic acid groups (broad SMARTS) is 1. The minimum Gasteiger partial charge on any atom is -0.481 e. The predicted octanol–water partition coefficient (Wildman–Crippen LogP) is 2.96. The number of aromatic nitrogens is 5. The van der Waals surface area contributed by atoms with Crippen LogP contribution in [0.3, 0.4) is 0 Å². The summed E-state index contributed by atoms with van der Waals surface area (Å²) in [5, 5.41) is 23.9. The monoisotopic (exact) mass is 424 g/mol. The summed E-state index contributed by atoms with van der Waals surface area (Å²) in [5.41, 5.74) is 7.60. The molecule has 2 unspecified atom stereocenters. The van der Waals surface area contributed by atoms with E-state index in [2.05, 4.69) is 25.6 Å². The highest BCUT2D eigenvalue weighted by Gasteiger charge is 2.33. The van der Waals surface area contributed by atoms with E-state index >= 15 is 0 Å². The van der Waals surface area contributed by atoms with Crippen molar-refractivity contribution < 1.29 is 14.6 Å². The van der Waals surface area contributed by atoms with Crippen molar-refractivity contribution in [3.63, 3.8) is 0 Å². The highest BCUT2D eigenvalue weighted by atomic mass is 16.5. The van der Waals surface area contributed by atoms with E-state index in [1.165, 1.54) is 0 Å². The molecule has 2 atom stereocenters. The van der Waals surface area contributed by atoms with Crippen LogP contribution < -0.4 is 10.5 Å². The fourth-order valence-corrected chi connectivity index (χ4v) is 3.54. The van der Waals surface area contributed by atoms with E-state index in [1.807, 2.05) is 44.2 Å². The van der Waals surface area contributed by atoms with Crippen LogP contribution >= 0.6 is 0 Å². The minimum atomic E-state index is -0.866. The Balaban J connectivity index is 1.72. The van der Waals surface area contributed by atoms with Gasteiger partial charge in [0.1, 0.15) is 5.75 Å². The summed E-state index contributed by atoms with van der Waals surface area (Å²) in [7, 11) is 0. The van der Waals surface area contributed by atoms with E-state index in [9.17, 15) is 9.90 Å². The number of ether oxygens (including phenoxy) is 1. The molecule has 2 aromatic heterocycles. The smallest absolute Gasteiger partial charge is 0.307 e. The number of benzene rings is 1. The number of hydrogen-bond acceptors (Lipinski definition) is 7. The molecule has 0 spiro atoms. The normalized spacial score (nSPS) is 13.2. The molecule has 0 fully saturated rings. The number of rotatable bonds is 11. The third kappa shape index (κ3) is 6.32. The molecule has 0 bridgehead atoms. The molecule has 0 radical (unpaired) electrons. The zero-order chi connectivity index (χ0) is 22.2. The quantitative estimate of drug-likeness (QED) is 0.427. The van der Waals surface area contributed by atoms with Crippen LogP contribution in [0, 0.1) is 11.8 Å². The van der Waals surface area contributed by atoms with Gasteiger partial charge in [0.15, 0.2) is 5.82 Å². The predicted molar refractivity (Wildman–Crippen MR) is 115 cm³/mol. The number of H-pyrrole nitrogens is 1. The number of pyridine rings is 1. The number of aliphatic carboxylic acids is 1. The van der Waals surface area contributed by atoms with Crippen LogP contribution in [-0.2, 0) is 17.6 Å². The molecule has 0 saturated heterocycles.